The van der Waals surface area contributed by atoms with Crippen LogP contribution in [0.3, 0.4) is 0 Å². The molecular weight excluding hydrogens is 374 g/mol. The SMILES string of the molecule is CN1CCN(Cc2cccc3c2C(=O)N(C2CCC(=O)NC2=O)C3=O)C(CN)C1. The third-order valence-electron chi connectivity index (χ3n) is 6.01. The summed E-state index contributed by atoms with van der Waals surface area (Å²) in [5, 5.41) is 2.22. The maximum absolute atomic E-state index is 13.2. The first kappa shape index (κ1) is 19.7. The number of nitrogens with two attached hydrogens (primary N) is 1. The summed E-state index contributed by atoms with van der Waals surface area (Å²) in [4.78, 5) is 55.3. The number of piperidine rings is 1. The average Bonchev–Trinajstić information content (AvgIpc) is 2.95. The Bertz CT molecular complexity index is 886. The van der Waals surface area contributed by atoms with Crippen LogP contribution < -0.4 is 11.1 Å². The highest BCUT2D eigenvalue weighted by Gasteiger charge is 2.45. The van der Waals surface area contributed by atoms with E-state index in [1.54, 1.807) is 12.1 Å². The van der Waals surface area contributed by atoms with Gasteiger partial charge < -0.3 is 10.6 Å². The van der Waals surface area contributed by atoms with Crippen molar-refractivity contribution >= 4 is 23.6 Å². The molecule has 2 fully saturated rings. The molecule has 1 aromatic rings. The maximum Gasteiger partial charge on any atom is 0.262 e. The van der Waals surface area contributed by atoms with Gasteiger partial charge in [-0.3, -0.25) is 34.3 Å². The second-order valence-corrected chi connectivity index (χ2v) is 7.91. The van der Waals surface area contributed by atoms with Crippen molar-refractivity contribution in [3.05, 3.63) is 34.9 Å². The Balaban J connectivity index is 1.61. The van der Waals surface area contributed by atoms with E-state index >= 15 is 0 Å². The van der Waals surface area contributed by atoms with Gasteiger partial charge in [-0.05, 0) is 25.1 Å². The van der Waals surface area contributed by atoms with Crippen LogP contribution in [0, 0.1) is 0 Å². The first-order chi connectivity index (χ1) is 13.9. The van der Waals surface area contributed by atoms with Crippen LogP contribution in [-0.2, 0) is 16.1 Å². The summed E-state index contributed by atoms with van der Waals surface area (Å²) in [7, 11) is 2.06. The highest BCUT2D eigenvalue weighted by atomic mass is 16.2. The Kier molecular flexibility index (Phi) is 5.20. The van der Waals surface area contributed by atoms with Gasteiger partial charge in [0.1, 0.15) is 6.04 Å². The number of rotatable bonds is 4. The van der Waals surface area contributed by atoms with Crippen molar-refractivity contribution in [2.45, 2.75) is 31.5 Å². The molecule has 2 unspecified atom stereocenters. The van der Waals surface area contributed by atoms with Crippen molar-refractivity contribution in [2.75, 3.05) is 33.2 Å². The first-order valence-electron chi connectivity index (χ1n) is 9.87. The lowest BCUT2D eigenvalue weighted by atomic mass is 10.0. The molecular formula is C20H25N5O4. The number of piperazine rings is 1. The average molecular weight is 399 g/mol. The third-order valence-corrected chi connectivity index (χ3v) is 6.01. The molecule has 0 saturated carbocycles. The van der Waals surface area contributed by atoms with Gasteiger partial charge in [-0.2, -0.15) is 0 Å². The van der Waals surface area contributed by atoms with E-state index in [1.807, 2.05) is 6.07 Å². The second-order valence-electron chi connectivity index (χ2n) is 7.91. The van der Waals surface area contributed by atoms with Crippen molar-refractivity contribution in [1.82, 2.24) is 20.0 Å². The zero-order valence-electron chi connectivity index (χ0n) is 16.4. The van der Waals surface area contributed by atoms with Crippen LogP contribution in [0.4, 0.5) is 0 Å². The molecule has 9 nitrogen and oxygen atoms in total. The van der Waals surface area contributed by atoms with Crippen LogP contribution in [-0.4, -0.2) is 83.6 Å². The van der Waals surface area contributed by atoms with Gasteiger partial charge in [0.25, 0.3) is 11.8 Å². The number of nitrogens with zero attached hydrogens (tertiary/aromatic N) is 3. The lowest BCUT2D eigenvalue weighted by Crippen LogP contribution is -2.54. The van der Waals surface area contributed by atoms with E-state index in [2.05, 4.69) is 22.2 Å². The van der Waals surface area contributed by atoms with E-state index in [0.717, 1.165) is 30.1 Å². The van der Waals surface area contributed by atoms with Gasteiger partial charge in [0.15, 0.2) is 0 Å². The fourth-order valence-electron chi connectivity index (χ4n) is 4.42. The highest BCUT2D eigenvalue weighted by Crippen LogP contribution is 2.31. The summed E-state index contributed by atoms with van der Waals surface area (Å²) in [5.74, 6) is -1.92. The largest absolute Gasteiger partial charge is 0.329 e. The topological polar surface area (TPSA) is 116 Å². The molecule has 3 N–H and O–H groups in total. The summed E-state index contributed by atoms with van der Waals surface area (Å²) >= 11 is 0. The molecule has 0 spiro atoms. The molecule has 2 saturated heterocycles. The van der Waals surface area contributed by atoms with Crippen LogP contribution in [0.1, 0.15) is 39.1 Å². The Morgan fingerprint density at radius 3 is 2.66 bits per heavy atom. The van der Waals surface area contributed by atoms with Gasteiger partial charge in [0.2, 0.25) is 11.8 Å². The molecule has 0 radical (unpaired) electrons. The van der Waals surface area contributed by atoms with E-state index < -0.39 is 23.8 Å². The summed E-state index contributed by atoms with van der Waals surface area (Å²) in [6.07, 6.45) is 0.259. The Labute approximate surface area is 168 Å². The molecule has 3 aliphatic rings. The number of carbonyl (C=O) groups is 4. The molecule has 29 heavy (non-hydrogen) atoms. The number of hydrogen-bond acceptors (Lipinski definition) is 7. The minimum atomic E-state index is -0.951. The predicted octanol–water partition coefficient (Wildman–Crippen LogP) is -0.837. The summed E-state index contributed by atoms with van der Waals surface area (Å²) in [6.45, 7) is 3.60. The second kappa shape index (κ2) is 7.66. The Hall–Kier alpha value is -2.62. The number of amides is 4. The monoisotopic (exact) mass is 399 g/mol. The molecule has 4 amide bonds. The van der Waals surface area contributed by atoms with Crippen molar-refractivity contribution in [3.63, 3.8) is 0 Å². The summed E-state index contributed by atoms with van der Waals surface area (Å²) in [5.41, 5.74) is 7.38. The number of imide groups is 2. The summed E-state index contributed by atoms with van der Waals surface area (Å²) in [6, 6.07) is 4.46. The minimum absolute atomic E-state index is 0.107. The van der Waals surface area contributed by atoms with Gasteiger partial charge in [-0.15, -0.1) is 0 Å². The molecule has 1 aromatic carbocycles. The van der Waals surface area contributed by atoms with E-state index in [4.69, 9.17) is 5.73 Å². The van der Waals surface area contributed by atoms with Crippen molar-refractivity contribution < 1.29 is 19.2 Å². The number of likely N-dealkylation sites (N-methyl/N-ethyl adjacent to an activating group) is 1. The van der Waals surface area contributed by atoms with E-state index in [0.29, 0.717) is 24.2 Å². The lowest BCUT2D eigenvalue weighted by Gasteiger charge is -2.39. The normalized spacial score (nSPS) is 26.1. The number of nitrogens with one attached hydrogen (secondary N) is 1. The molecule has 154 valence electrons. The van der Waals surface area contributed by atoms with Gasteiger partial charge >= 0.3 is 0 Å². The van der Waals surface area contributed by atoms with Crippen molar-refractivity contribution in [3.8, 4) is 0 Å². The predicted molar refractivity (Wildman–Crippen MR) is 104 cm³/mol. The van der Waals surface area contributed by atoms with Crippen LogP contribution in [0.5, 0.6) is 0 Å². The highest BCUT2D eigenvalue weighted by molar-refractivity contribution is 6.24. The van der Waals surface area contributed by atoms with Gasteiger partial charge in [0.05, 0.1) is 11.1 Å². The van der Waals surface area contributed by atoms with Crippen LogP contribution in [0.2, 0.25) is 0 Å². The zero-order valence-corrected chi connectivity index (χ0v) is 16.4. The molecule has 0 aliphatic carbocycles. The molecule has 9 heteroatoms. The third kappa shape index (κ3) is 3.45. The quantitative estimate of drug-likeness (QED) is 0.635. The molecule has 3 heterocycles. The maximum atomic E-state index is 13.2. The van der Waals surface area contributed by atoms with Gasteiger partial charge in [-0.25, -0.2) is 0 Å². The number of hydrogen-bond donors (Lipinski definition) is 2. The zero-order chi connectivity index (χ0) is 20.7. The fourth-order valence-corrected chi connectivity index (χ4v) is 4.42. The van der Waals surface area contributed by atoms with Crippen LogP contribution >= 0.6 is 0 Å². The molecule has 4 rings (SSSR count). The number of fused-ring (bicyclic) bond motifs is 1. The Morgan fingerprint density at radius 2 is 1.93 bits per heavy atom. The van der Waals surface area contributed by atoms with Crippen molar-refractivity contribution in [2.24, 2.45) is 5.73 Å². The molecule has 0 aromatic heterocycles. The van der Waals surface area contributed by atoms with E-state index in [1.165, 1.54) is 0 Å². The van der Waals surface area contributed by atoms with Crippen molar-refractivity contribution in [1.29, 1.82) is 0 Å². The standard InChI is InChI=1S/C20H25N5O4/c1-23-7-8-24(13(9-21)11-23)10-12-3-2-4-14-17(12)20(29)25(19(14)28)15-5-6-16(26)22-18(15)27/h2-4,13,15H,5-11,21H2,1H3,(H,22,26,27). The molecule has 0 bridgehead atoms. The summed E-state index contributed by atoms with van der Waals surface area (Å²) < 4.78 is 0. The van der Waals surface area contributed by atoms with Gasteiger partial charge in [0, 0.05) is 45.2 Å². The van der Waals surface area contributed by atoms with E-state index in [9.17, 15) is 19.2 Å². The first-order valence-corrected chi connectivity index (χ1v) is 9.87. The van der Waals surface area contributed by atoms with E-state index in [-0.39, 0.29) is 24.8 Å². The van der Waals surface area contributed by atoms with Gasteiger partial charge in [-0.1, -0.05) is 12.1 Å². The fraction of sp³-hybridized carbons (Fsp3) is 0.500. The van der Waals surface area contributed by atoms with Crippen LogP contribution in [0.25, 0.3) is 0 Å². The number of benzene rings is 1. The lowest BCUT2D eigenvalue weighted by molar-refractivity contribution is -0.136. The smallest absolute Gasteiger partial charge is 0.262 e. The molecule has 3 aliphatic heterocycles. The Morgan fingerprint density at radius 1 is 1.14 bits per heavy atom. The number of carbonyl (C=O) groups excluding carboxylic acids is 4. The van der Waals surface area contributed by atoms with Crippen LogP contribution in [0.15, 0.2) is 18.2 Å². The molecule has 2 atom stereocenters. The minimum Gasteiger partial charge on any atom is -0.329 e.